The van der Waals surface area contributed by atoms with Crippen molar-refractivity contribution in [2.24, 2.45) is 5.92 Å². The van der Waals surface area contributed by atoms with Gasteiger partial charge in [0.15, 0.2) is 0 Å². The SMILES string of the molecule is N#Cc1ccc(NC(=O)C2CCN(c3nc4ccsc4c(=O)n3-c3ccccc3)CC2)cc1. The van der Waals surface area contributed by atoms with Crippen molar-refractivity contribution in [2.45, 2.75) is 12.8 Å². The Kier molecular flexibility index (Phi) is 5.63. The molecule has 3 heterocycles. The number of fused-ring (bicyclic) bond motifs is 1. The van der Waals surface area contributed by atoms with Gasteiger partial charge < -0.3 is 10.2 Å². The molecule has 0 saturated carbocycles. The summed E-state index contributed by atoms with van der Waals surface area (Å²) in [5, 5.41) is 13.8. The van der Waals surface area contributed by atoms with Crippen molar-refractivity contribution in [2.75, 3.05) is 23.3 Å². The van der Waals surface area contributed by atoms with E-state index in [9.17, 15) is 9.59 Å². The number of carbonyl (C=O) groups is 1. The molecular formula is C25H21N5O2S. The van der Waals surface area contributed by atoms with Gasteiger partial charge in [-0.2, -0.15) is 5.26 Å². The number of para-hydroxylation sites is 1. The quantitative estimate of drug-likeness (QED) is 0.499. The predicted molar refractivity (Wildman–Crippen MR) is 130 cm³/mol. The second-order valence-corrected chi connectivity index (χ2v) is 8.88. The first kappa shape index (κ1) is 20.9. The number of benzene rings is 2. The fraction of sp³-hybridized carbons (Fsp3) is 0.200. The van der Waals surface area contributed by atoms with Crippen LogP contribution in [0, 0.1) is 17.2 Å². The summed E-state index contributed by atoms with van der Waals surface area (Å²) in [7, 11) is 0. The topological polar surface area (TPSA) is 91.0 Å². The molecule has 0 aliphatic carbocycles. The van der Waals surface area contributed by atoms with Gasteiger partial charge in [-0.15, -0.1) is 11.3 Å². The minimum atomic E-state index is -0.126. The van der Waals surface area contributed by atoms with Gasteiger partial charge in [0.05, 0.1) is 22.8 Å². The third kappa shape index (κ3) is 4.11. The Morgan fingerprint density at radius 3 is 2.48 bits per heavy atom. The number of carbonyl (C=O) groups excluding carboxylic acids is 1. The summed E-state index contributed by atoms with van der Waals surface area (Å²) < 4.78 is 2.31. The predicted octanol–water partition coefficient (Wildman–Crippen LogP) is 4.17. The number of nitriles is 1. The molecule has 0 spiro atoms. The fourth-order valence-corrected chi connectivity index (χ4v) is 4.90. The lowest BCUT2D eigenvalue weighted by atomic mass is 9.96. The molecule has 8 heteroatoms. The van der Waals surface area contributed by atoms with Crippen LogP contribution in [0.1, 0.15) is 18.4 Å². The van der Waals surface area contributed by atoms with Gasteiger partial charge in [0, 0.05) is 24.7 Å². The van der Waals surface area contributed by atoms with E-state index in [1.807, 2.05) is 41.8 Å². The summed E-state index contributed by atoms with van der Waals surface area (Å²) in [5.41, 5.74) is 2.65. The average Bonchev–Trinajstić information content (AvgIpc) is 3.34. The van der Waals surface area contributed by atoms with Crippen molar-refractivity contribution in [3.63, 3.8) is 0 Å². The minimum Gasteiger partial charge on any atom is -0.342 e. The van der Waals surface area contributed by atoms with Gasteiger partial charge in [-0.05, 0) is 60.7 Å². The highest BCUT2D eigenvalue weighted by Gasteiger charge is 2.28. The maximum atomic E-state index is 13.3. The molecule has 1 saturated heterocycles. The average molecular weight is 456 g/mol. The molecule has 1 aliphatic rings. The van der Waals surface area contributed by atoms with Gasteiger partial charge in [0.2, 0.25) is 11.9 Å². The highest BCUT2D eigenvalue weighted by atomic mass is 32.1. The van der Waals surface area contributed by atoms with E-state index in [1.54, 1.807) is 28.8 Å². The Labute approximate surface area is 194 Å². The molecule has 7 nitrogen and oxygen atoms in total. The van der Waals surface area contributed by atoms with Gasteiger partial charge >= 0.3 is 0 Å². The smallest absolute Gasteiger partial charge is 0.277 e. The van der Waals surface area contributed by atoms with Crippen molar-refractivity contribution in [3.8, 4) is 11.8 Å². The Hall–Kier alpha value is -3.96. The number of rotatable bonds is 4. The Balaban J connectivity index is 1.36. The van der Waals surface area contributed by atoms with E-state index in [0.29, 0.717) is 53.3 Å². The fourth-order valence-electron chi connectivity index (χ4n) is 4.14. The number of amides is 1. The number of hydrogen-bond acceptors (Lipinski definition) is 6. The number of aromatic nitrogens is 2. The zero-order valence-electron chi connectivity index (χ0n) is 17.8. The molecule has 2 aromatic heterocycles. The number of hydrogen-bond donors (Lipinski definition) is 1. The molecule has 2 aromatic carbocycles. The Morgan fingerprint density at radius 1 is 1.06 bits per heavy atom. The van der Waals surface area contributed by atoms with Gasteiger partial charge in [-0.1, -0.05) is 18.2 Å². The van der Waals surface area contributed by atoms with E-state index >= 15 is 0 Å². The molecule has 0 bridgehead atoms. The zero-order valence-corrected chi connectivity index (χ0v) is 18.6. The van der Waals surface area contributed by atoms with Crippen LogP contribution in [0.3, 0.4) is 0 Å². The molecule has 1 N–H and O–H groups in total. The molecular weight excluding hydrogens is 434 g/mol. The molecule has 164 valence electrons. The number of thiophene rings is 1. The maximum Gasteiger partial charge on any atom is 0.277 e. The zero-order chi connectivity index (χ0) is 22.8. The van der Waals surface area contributed by atoms with Crippen LogP contribution in [-0.2, 0) is 4.79 Å². The van der Waals surface area contributed by atoms with E-state index in [1.165, 1.54) is 11.3 Å². The van der Waals surface area contributed by atoms with Gasteiger partial charge in [0.25, 0.3) is 5.56 Å². The third-order valence-electron chi connectivity index (χ3n) is 5.91. The van der Waals surface area contributed by atoms with Crippen LogP contribution >= 0.6 is 11.3 Å². The van der Waals surface area contributed by atoms with Crippen molar-refractivity contribution in [1.82, 2.24) is 9.55 Å². The van der Waals surface area contributed by atoms with Crippen molar-refractivity contribution >= 4 is 39.1 Å². The normalized spacial score (nSPS) is 14.2. The molecule has 0 radical (unpaired) electrons. The van der Waals surface area contributed by atoms with E-state index < -0.39 is 0 Å². The minimum absolute atomic E-state index is 0.0268. The van der Waals surface area contributed by atoms with Crippen LogP contribution in [0.5, 0.6) is 0 Å². The number of anilines is 2. The van der Waals surface area contributed by atoms with Gasteiger partial charge in [-0.25, -0.2) is 9.55 Å². The molecule has 4 aromatic rings. The second-order valence-electron chi connectivity index (χ2n) is 7.96. The number of nitrogens with zero attached hydrogens (tertiary/aromatic N) is 4. The summed E-state index contributed by atoms with van der Waals surface area (Å²) >= 11 is 1.40. The molecule has 5 rings (SSSR count). The summed E-state index contributed by atoms with van der Waals surface area (Å²) in [6.45, 7) is 1.25. The van der Waals surface area contributed by atoms with E-state index in [0.717, 1.165) is 5.69 Å². The first-order valence-electron chi connectivity index (χ1n) is 10.8. The number of nitrogens with one attached hydrogen (secondary N) is 1. The van der Waals surface area contributed by atoms with Crippen LogP contribution in [0.25, 0.3) is 15.9 Å². The highest BCUT2D eigenvalue weighted by Crippen LogP contribution is 2.27. The monoisotopic (exact) mass is 455 g/mol. The summed E-state index contributed by atoms with van der Waals surface area (Å²) in [4.78, 5) is 33.0. The van der Waals surface area contributed by atoms with Crippen molar-refractivity contribution < 1.29 is 4.79 Å². The van der Waals surface area contributed by atoms with Crippen LogP contribution in [0.15, 0.2) is 70.8 Å². The first-order chi connectivity index (χ1) is 16.1. The molecule has 1 aliphatic heterocycles. The largest absolute Gasteiger partial charge is 0.342 e. The van der Waals surface area contributed by atoms with Crippen molar-refractivity contribution in [1.29, 1.82) is 5.26 Å². The van der Waals surface area contributed by atoms with Crippen LogP contribution in [0.2, 0.25) is 0 Å². The lowest BCUT2D eigenvalue weighted by Crippen LogP contribution is -2.41. The van der Waals surface area contributed by atoms with Gasteiger partial charge in [0.1, 0.15) is 4.70 Å². The second kappa shape index (κ2) is 8.88. The van der Waals surface area contributed by atoms with E-state index in [4.69, 9.17) is 10.2 Å². The van der Waals surface area contributed by atoms with Crippen LogP contribution in [0.4, 0.5) is 11.6 Å². The van der Waals surface area contributed by atoms with E-state index in [-0.39, 0.29) is 17.4 Å². The molecule has 0 unspecified atom stereocenters. The lowest BCUT2D eigenvalue weighted by Gasteiger charge is -2.33. The first-order valence-corrected chi connectivity index (χ1v) is 11.6. The van der Waals surface area contributed by atoms with Crippen LogP contribution in [-0.4, -0.2) is 28.5 Å². The molecule has 1 amide bonds. The summed E-state index contributed by atoms with van der Waals surface area (Å²) in [5.74, 6) is 0.461. The summed E-state index contributed by atoms with van der Waals surface area (Å²) in [6.07, 6.45) is 1.32. The molecule has 33 heavy (non-hydrogen) atoms. The standard InChI is InChI=1S/C25H21N5O2S/c26-16-17-6-8-19(9-7-17)27-23(31)18-10-13-29(14-11-18)25-28-21-12-15-33-22(21)24(32)30(25)20-4-2-1-3-5-20/h1-9,12,15,18H,10-11,13-14H2,(H,27,31). The summed E-state index contributed by atoms with van der Waals surface area (Å²) in [6, 6.07) is 20.3. The third-order valence-corrected chi connectivity index (χ3v) is 6.80. The maximum absolute atomic E-state index is 13.3. The molecule has 1 fully saturated rings. The van der Waals surface area contributed by atoms with Gasteiger partial charge in [-0.3, -0.25) is 9.59 Å². The van der Waals surface area contributed by atoms with Crippen molar-refractivity contribution in [3.05, 3.63) is 82.0 Å². The van der Waals surface area contributed by atoms with E-state index in [2.05, 4.69) is 16.3 Å². The molecule has 0 atom stereocenters. The Bertz CT molecular complexity index is 1400. The number of piperidine rings is 1. The Morgan fingerprint density at radius 2 is 1.79 bits per heavy atom. The highest BCUT2D eigenvalue weighted by molar-refractivity contribution is 7.17. The lowest BCUT2D eigenvalue weighted by molar-refractivity contribution is -0.120. The van der Waals surface area contributed by atoms with Crippen LogP contribution < -0.4 is 15.8 Å².